The number of aromatic nitrogens is 2. The summed E-state index contributed by atoms with van der Waals surface area (Å²) in [5.41, 5.74) is 1.05. The van der Waals surface area contributed by atoms with E-state index in [2.05, 4.69) is 31.7 Å². The summed E-state index contributed by atoms with van der Waals surface area (Å²) in [5.74, 6) is 0.900. The zero-order valence-electron chi connectivity index (χ0n) is 11.9. The van der Waals surface area contributed by atoms with Crippen LogP contribution >= 0.6 is 0 Å². The fraction of sp³-hybridized carbons (Fsp3) is 0.714. The van der Waals surface area contributed by atoms with Gasteiger partial charge in [0.25, 0.3) is 0 Å². The second-order valence-corrected chi connectivity index (χ2v) is 5.73. The van der Waals surface area contributed by atoms with E-state index in [4.69, 9.17) is 0 Å². The molecule has 5 nitrogen and oxygen atoms in total. The zero-order chi connectivity index (χ0) is 13.2. The topological polar surface area (TPSA) is 35.5 Å². The average molecular weight is 261 g/mol. The summed E-state index contributed by atoms with van der Waals surface area (Å²) >= 11 is 0. The normalized spacial score (nSPS) is 26.0. The van der Waals surface area contributed by atoms with E-state index in [0.29, 0.717) is 6.04 Å². The molecule has 1 atom stereocenters. The Morgan fingerprint density at radius 2 is 1.95 bits per heavy atom. The number of hydrogen-bond donors (Lipinski definition) is 0. The molecule has 2 fully saturated rings. The average Bonchev–Trinajstić information content (AvgIpc) is 2.89. The summed E-state index contributed by atoms with van der Waals surface area (Å²) in [4.78, 5) is 16.3. The van der Waals surface area contributed by atoms with Crippen LogP contribution in [0, 0.1) is 6.92 Å². The molecule has 0 spiro atoms. The lowest BCUT2D eigenvalue weighted by atomic mass is 10.2. The predicted octanol–water partition coefficient (Wildman–Crippen LogP) is 0.611. The van der Waals surface area contributed by atoms with Gasteiger partial charge in [-0.25, -0.2) is 9.97 Å². The minimum Gasteiger partial charge on any atom is -0.339 e. The zero-order valence-corrected chi connectivity index (χ0v) is 11.9. The smallest absolute Gasteiger partial charge is 0.225 e. The van der Waals surface area contributed by atoms with Crippen LogP contribution in [0.15, 0.2) is 12.3 Å². The maximum atomic E-state index is 4.53. The van der Waals surface area contributed by atoms with Crippen LogP contribution in [0.4, 0.5) is 5.95 Å². The van der Waals surface area contributed by atoms with Gasteiger partial charge < -0.3 is 9.80 Å². The monoisotopic (exact) mass is 261 g/mol. The molecule has 1 aromatic heterocycles. The molecule has 2 aliphatic rings. The van der Waals surface area contributed by atoms with Crippen molar-refractivity contribution in [3.8, 4) is 0 Å². The quantitative estimate of drug-likeness (QED) is 0.779. The van der Waals surface area contributed by atoms with Crippen LogP contribution < -0.4 is 4.90 Å². The van der Waals surface area contributed by atoms with Gasteiger partial charge in [0, 0.05) is 57.2 Å². The lowest BCUT2D eigenvalue weighted by Gasteiger charge is -2.36. The second-order valence-electron chi connectivity index (χ2n) is 5.73. The van der Waals surface area contributed by atoms with E-state index < -0.39 is 0 Å². The Labute approximate surface area is 115 Å². The Hall–Kier alpha value is -1.20. The van der Waals surface area contributed by atoms with Crippen molar-refractivity contribution >= 4 is 5.95 Å². The number of rotatable bonds is 2. The van der Waals surface area contributed by atoms with Crippen LogP contribution in [0.5, 0.6) is 0 Å². The van der Waals surface area contributed by atoms with Crippen molar-refractivity contribution < 1.29 is 0 Å². The van der Waals surface area contributed by atoms with E-state index in [1.165, 1.54) is 32.6 Å². The van der Waals surface area contributed by atoms with Crippen molar-refractivity contribution in [1.29, 1.82) is 0 Å². The van der Waals surface area contributed by atoms with Gasteiger partial charge in [0.15, 0.2) is 0 Å². The summed E-state index contributed by atoms with van der Waals surface area (Å²) in [5, 5.41) is 0. The summed E-state index contributed by atoms with van der Waals surface area (Å²) in [6, 6.07) is 2.63. The van der Waals surface area contributed by atoms with Gasteiger partial charge in [0.05, 0.1) is 0 Å². The summed E-state index contributed by atoms with van der Waals surface area (Å²) in [6.07, 6.45) is 3.10. The highest BCUT2D eigenvalue weighted by Gasteiger charge is 2.30. The standard InChI is InChI=1S/C14H23N5/c1-12-3-5-15-14(16-12)19-6-4-13(11-19)18-9-7-17(2)8-10-18/h3,5,13H,4,6-11H2,1-2H3. The molecule has 2 saturated heterocycles. The van der Waals surface area contributed by atoms with Crippen LogP contribution in [-0.2, 0) is 0 Å². The van der Waals surface area contributed by atoms with Crippen LogP contribution in [0.2, 0.25) is 0 Å². The van der Waals surface area contributed by atoms with Gasteiger partial charge in [-0.1, -0.05) is 0 Å². The second kappa shape index (κ2) is 5.43. The molecule has 3 rings (SSSR count). The number of anilines is 1. The van der Waals surface area contributed by atoms with Crippen molar-refractivity contribution in [3.05, 3.63) is 18.0 Å². The third kappa shape index (κ3) is 2.87. The molecule has 0 saturated carbocycles. The van der Waals surface area contributed by atoms with Gasteiger partial charge >= 0.3 is 0 Å². The summed E-state index contributed by atoms with van der Waals surface area (Å²) in [6.45, 7) is 8.97. The highest BCUT2D eigenvalue weighted by Crippen LogP contribution is 2.20. The van der Waals surface area contributed by atoms with E-state index in [1.54, 1.807) is 0 Å². The molecule has 0 radical (unpaired) electrons. The van der Waals surface area contributed by atoms with Gasteiger partial charge in [0.1, 0.15) is 0 Å². The molecule has 0 aromatic carbocycles. The lowest BCUT2D eigenvalue weighted by Crippen LogP contribution is -2.49. The van der Waals surface area contributed by atoms with Crippen molar-refractivity contribution in [2.45, 2.75) is 19.4 Å². The molecule has 1 aromatic rings. The Bertz CT molecular complexity index is 428. The molecular formula is C14H23N5. The first-order valence-electron chi connectivity index (χ1n) is 7.19. The van der Waals surface area contributed by atoms with E-state index in [0.717, 1.165) is 24.7 Å². The number of likely N-dealkylation sites (N-methyl/N-ethyl adjacent to an activating group) is 1. The van der Waals surface area contributed by atoms with E-state index in [1.807, 2.05) is 19.2 Å². The third-order valence-corrected chi connectivity index (χ3v) is 4.28. The van der Waals surface area contributed by atoms with Crippen LogP contribution in [0.1, 0.15) is 12.1 Å². The maximum absolute atomic E-state index is 4.53. The Balaban J connectivity index is 1.61. The molecule has 1 unspecified atom stereocenters. The number of piperazine rings is 1. The SMILES string of the molecule is Cc1ccnc(N2CCC(N3CCN(C)CC3)C2)n1. The van der Waals surface area contributed by atoms with Crippen molar-refractivity contribution in [1.82, 2.24) is 19.8 Å². The fourth-order valence-corrected chi connectivity index (χ4v) is 3.00. The van der Waals surface area contributed by atoms with E-state index in [9.17, 15) is 0 Å². The van der Waals surface area contributed by atoms with Crippen molar-refractivity contribution in [2.24, 2.45) is 0 Å². The Kier molecular flexibility index (Phi) is 3.66. The molecule has 0 aliphatic carbocycles. The third-order valence-electron chi connectivity index (χ3n) is 4.28. The molecule has 104 valence electrons. The van der Waals surface area contributed by atoms with Crippen LogP contribution in [0.25, 0.3) is 0 Å². The molecule has 0 amide bonds. The summed E-state index contributed by atoms with van der Waals surface area (Å²) < 4.78 is 0. The highest BCUT2D eigenvalue weighted by atomic mass is 15.3. The maximum Gasteiger partial charge on any atom is 0.225 e. The molecular weight excluding hydrogens is 238 g/mol. The molecule has 0 N–H and O–H groups in total. The largest absolute Gasteiger partial charge is 0.339 e. The minimum atomic E-state index is 0.679. The minimum absolute atomic E-state index is 0.679. The van der Waals surface area contributed by atoms with Crippen molar-refractivity contribution in [2.75, 3.05) is 51.2 Å². The van der Waals surface area contributed by atoms with Gasteiger partial charge in [-0.3, -0.25) is 4.90 Å². The van der Waals surface area contributed by atoms with Gasteiger partial charge in [0.2, 0.25) is 5.95 Å². The first-order valence-corrected chi connectivity index (χ1v) is 7.19. The van der Waals surface area contributed by atoms with E-state index in [-0.39, 0.29) is 0 Å². The van der Waals surface area contributed by atoms with Gasteiger partial charge in [-0.15, -0.1) is 0 Å². The van der Waals surface area contributed by atoms with Crippen molar-refractivity contribution in [3.63, 3.8) is 0 Å². The Morgan fingerprint density at radius 3 is 2.68 bits per heavy atom. The Morgan fingerprint density at radius 1 is 1.16 bits per heavy atom. The molecule has 19 heavy (non-hydrogen) atoms. The first kappa shape index (κ1) is 12.8. The molecule has 5 heteroatoms. The van der Waals surface area contributed by atoms with Gasteiger partial charge in [-0.2, -0.15) is 0 Å². The number of hydrogen-bond acceptors (Lipinski definition) is 5. The van der Waals surface area contributed by atoms with E-state index >= 15 is 0 Å². The molecule has 0 bridgehead atoms. The molecule has 3 heterocycles. The number of nitrogens with zero attached hydrogens (tertiary/aromatic N) is 5. The highest BCUT2D eigenvalue weighted by molar-refractivity contribution is 5.32. The van der Waals surface area contributed by atoms with Crippen LogP contribution in [0.3, 0.4) is 0 Å². The fourth-order valence-electron chi connectivity index (χ4n) is 3.00. The van der Waals surface area contributed by atoms with Gasteiger partial charge in [-0.05, 0) is 26.5 Å². The summed E-state index contributed by atoms with van der Waals surface area (Å²) in [7, 11) is 2.21. The van der Waals surface area contributed by atoms with Crippen LogP contribution in [-0.4, -0.2) is 72.1 Å². The lowest BCUT2D eigenvalue weighted by molar-refractivity contribution is 0.120. The first-order chi connectivity index (χ1) is 9.22. The number of aryl methyl sites for hydroxylation is 1. The predicted molar refractivity (Wildman–Crippen MR) is 76.5 cm³/mol. The molecule has 2 aliphatic heterocycles.